The molecule has 0 saturated carbocycles. The molecule has 2 aromatic rings. The largest absolute Gasteiger partial charge is 0.382 e. The first-order chi connectivity index (χ1) is 18.7. The Bertz CT molecular complexity index is 1000. The Morgan fingerprint density at radius 1 is 0.868 bits per heavy atom. The maximum absolute atomic E-state index is 14.2. The molecule has 0 radical (unpaired) electrons. The van der Waals surface area contributed by atoms with Gasteiger partial charge in [0.05, 0.1) is 38.5 Å². The number of halogens is 1. The molecule has 0 amide bonds. The number of fused-ring (bicyclic) bond motifs is 1. The Morgan fingerprint density at radius 3 is 2.50 bits per heavy atom. The first-order valence-electron chi connectivity index (χ1n) is 14.4. The molecule has 1 aromatic carbocycles. The van der Waals surface area contributed by atoms with Crippen molar-refractivity contribution in [3.05, 3.63) is 48.4 Å². The van der Waals surface area contributed by atoms with Gasteiger partial charge in [-0.25, -0.2) is 9.37 Å². The summed E-state index contributed by atoms with van der Waals surface area (Å²) in [7, 11) is 1.68. The Hall–Kier alpha value is -2.42. The summed E-state index contributed by atoms with van der Waals surface area (Å²) in [5.41, 5.74) is 2.26. The van der Waals surface area contributed by atoms with E-state index in [2.05, 4.69) is 26.8 Å². The molecule has 3 atom stereocenters. The molecule has 7 nitrogen and oxygen atoms in total. The van der Waals surface area contributed by atoms with Crippen LogP contribution in [0, 0.1) is 11.7 Å². The number of aromatic nitrogens is 1. The van der Waals surface area contributed by atoms with Gasteiger partial charge in [0.25, 0.3) is 0 Å². The second-order valence-corrected chi connectivity index (χ2v) is 10.7. The average Bonchev–Trinajstić information content (AvgIpc) is 3.34. The van der Waals surface area contributed by atoms with Crippen LogP contribution in [-0.4, -0.2) is 83.4 Å². The minimum absolute atomic E-state index is 0.177. The van der Waals surface area contributed by atoms with Crippen LogP contribution in [0.15, 0.2) is 42.6 Å². The molecule has 3 aliphatic rings. The number of hydrogen-bond donors (Lipinski definition) is 0. The third-order valence-electron chi connectivity index (χ3n) is 8.29. The number of benzene rings is 1. The van der Waals surface area contributed by atoms with Crippen molar-refractivity contribution >= 4 is 17.2 Å². The standard InChI is InChI=1S/C30H43FN4O3/c1-36-17-18-38-20-19-37-16-11-24-23-35(29-22-26(10-12-32-29)33-13-3-2-4-14-33)28-9-6-15-34(30(24)28)27-8-5-7-25(31)21-27/h5,7-8,10,12,21-22,24,28,30H,2-4,6,9,11,13-20,23H2,1H3/t24?,28-,30-/m1/s1. The predicted octanol–water partition coefficient (Wildman–Crippen LogP) is 4.75. The molecule has 1 unspecified atom stereocenters. The van der Waals surface area contributed by atoms with E-state index in [1.54, 1.807) is 13.2 Å². The third kappa shape index (κ3) is 6.58. The molecular weight excluding hydrogens is 483 g/mol. The Morgan fingerprint density at radius 2 is 1.68 bits per heavy atom. The quantitative estimate of drug-likeness (QED) is 0.370. The Kier molecular flexibility index (Phi) is 9.71. The van der Waals surface area contributed by atoms with Gasteiger partial charge in [0.2, 0.25) is 0 Å². The van der Waals surface area contributed by atoms with Crippen LogP contribution in [0.2, 0.25) is 0 Å². The lowest BCUT2D eigenvalue weighted by molar-refractivity contribution is 0.0217. The molecule has 5 rings (SSSR count). The van der Waals surface area contributed by atoms with Crippen molar-refractivity contribution in [1.82, 2.24) is 4.98 Å². The molecule has 0 N–H and O–H groups in total. The molecule has 3 aliphatic heterocycles. The van der Waals surface area contributed by atoms with Crippen LogP contribution in [0.3, 0.4) is 0 Å². The summed E-state index contributed by atoms with van der Waals surface area (Å²) in [6.45, 7) is 7.17. The fourth-order valence-electron chi connectivity index (χ4n) is 6.50. The zero-order valence-corrected chi connectivity index (χ0v) is 22.8. The van der Waals surface area contributed by atoms with E-state index in [-0.39, 0.29) is 5.82 Å². The summed E-state index contributed by atoms with van der Waals surface area (Å²) in [6.07, 6.45) is 8.97. The topological polar surface area (TPSA) is 50.3 Å². The van der Waals surface area contributed by atoms with Crippen LogP contribution >= 0.6 is 0 Å². The molecule has 208 valence electrons. The lowest BCUT2D eigenvalue weighted by Gasteiger charge is -2.43. The van der Waals surface area contributed by atoms with Crippen molar-refractivity contribution in [3.63, 3.8) is 0 Å². The van der Waals surface area contributed by atoms with E-state index in [0.29, 0.717) is 51.0 Å². The number of anilines is 3. The van der Waals surface area contributed by atoms with Crippen molar-refractivity contribution in [2.45, 2.75) is 50.6 Å². The highest BCUT2D eigenvalue weighted by atomic mass is 19.1. The highest BCUT2D eigenvalue weighted by Crippen LogP contribution is 2.41. The smallest absolute Gasteiger partial charge is 0.130 e. The number of rotatable bonds is 12. The third-order valence-corrected chi connectivity index (χ3v) is 8.29. The average molecular weight is 527 g/mol. The maximum atomic E-state index is 14.2. The summed E-state index contributed by atoms with van der Waals surface area (Å²) in [5, 5.41) is 0. The van der Waals surface area contributed by atoms with Crippen LogP contribution in [0.5, 0.6) is 0 Å². The molecule has 3 fully saturated rings. The summed E-state index contributed by atoms with van der Waals surface area (Å²) in [6, 6.07) is 12.2. The minimum atomic E-state index is -0.177. The van der Waals surface area contributed by atoms with Crippen molar-refractivity contribution in [3.8, 4) is 0 Å². The van der Waals surface area contributed by atoms with E-state index >= 15 is 0 Å². The summed E-state index contributed by atoms with van der Waals surface area (Å²) in [5.74, 6) is 1.29. The molecule has 0 aliphatic carbocycles. The highest BCUT2D eigenvalue weighted by molar-refractivity contribution is 5.58. The molecular formula is C30H43FN4O3. The lowest BCUT2D eigenvalue weighted by atomic mass is 9.88. The van der Waals surface area contributed by atoms with Crippen molar-refractivity contribution in [1.29, 1.82) is 0 Å². The normalized spacial score (nSPS) is 23.6. The van der Waals surface area contributed by atoms with Gasteiger partial charge in [-0.2, -0.15) is 0 Å². The van der Waals surface area contributed by atoms with E-state index < -0.39 is 0 Å². The zero-order valence-electron chi connectivity index (χ0n) is 22.8. The van der Waals surface area contributed by atoms with Crippen LogP contribution < -0.4 is 14.7 Å². The first-order valence-corrected chi connectivity index (χ1v) is 14.4. The molecule has 0 bridgehead atoms. The van der Waals surface area contributed by atoms with Crippen molar-refractivity contribution < 1.29 is 18.6 Å². The number of ether oxygens (including phenoxy) is 3. The molecule has 8 heteroatoms. The zero-order chi connectivity index (χ0) is 26.2. The van der Waals surface area contributed by atoms with Gasteiger partial charge in [-0.05, 0) is 62.8 Å². The Balaban J connectivity index is 1.31. The number of methoxy groups -OCH3 is 1. The van der Waals surface area contributed by atoms with Gasteiger partial charge >= 0.3 is 0 Å². The molecule has 1 aromatic heterocycles. The summed E-state index contributed by atoms with van der Waals surface area (Å²) >= 11 is 0. The Labute approximate surface area is 226 Å². The number of pyridine rings is 1. The monoisotopic (exact) mass is 526 g/mol. The highest BCUT2D eigenvalue weighted by Gasteiger charge is 2.47. The minimum Gasteiger partial charge on any atom is -0.382 e. The maximum Gasteiger partial charge on any atom is 0.130 e. The molecule has 3 saturated heterocycles. The van der Waals surface area contributed by atoms with Gasteiger partial charge in [-0.3, -0.25) is 0 Å². The summed E-state index contributed by atoms with van der Waals surface area (Å²) in [4.78, 5) is 12.3. The second-order valence-electron chi connectivity index (χ2n) is 10.7. The number of hydrogen-bond acceptors (Lipinski definition) is 7. The lowest BCUT2D eigenvalue weighted by Crippen LogP contribution is -2.52. The van der Waals surface area contributed by atoms with Gasteiger partial charge in [-0.1, -0.05) is 6.07 Å². The molecule has 4 heterocycles. The van der Waals surface area contributed by atoms with Gasteiger partial charge in [0, 0.05) is 69.5 Å². The van der Waals surface area contributed by atoms with E-state index in [4.69, 9.17) is 19.2 Å². The fraction of sp³-hybridized carbons (Fsp3) is 0.633. The van der Waals surface area contributed by atoms with E-state index in [9.17, 15) is 4.39 Å². The van der Waals surface area contributed by atoms with Gasteiger partial charge in [0.15, 0.2) is 0 Å². The number of nitrogens with zero attached hydrogens (tertiary/aromatic N) is 4. The first kappa shape index (κ1) is 27.2. The summed E-state index contributed by atoms with van der Waals surface area (Å²) < 4.78 is 30.8. The van der Waals surface area contributed by atoms with Crippen molar-refractivity contribution in [2.75, 3.05) is 81.0 Å². The van der Waals surface area contributed by atoms with E-state index in [1.165, 1.54) is 31.0 Å². The van der Waals surface area contributed by atoms with Gasteiger partial charge in [-0.15, -0.1) is 0 Å². The van der Waals surface area contributed by atoms with Gasteiger partial charge < -0.3 is 28.9 Å². The van der Waals surface area contributed by atoms with E-state index in [1.807, 2.05) is 18.3 Å². The van der Waals surface area contributed by atoms with Crippen molar-refractivity contribution in [2.24, 2.45) is 5.92 Å². The van der Waals surface area contributed by atoms with Gasteiger partial charge in [0.1, 0.15) is 11.6 Å². The SMILES string of the molecule is COCCOCCOCCC1CN(c2cc(N3CCCCC3)ccn2)[C@@H]2CCCN(c3cccc(F)c3)[C@H]12. The molecule has 38 heavy (non-hydrogen) atoms. The predicted molar refractivity (Wildman–Crippen MR) is 150 cm³/mol. The van der Waals surface area contributed by atoms with E-state index in [0.717, 1.165) is 56.9 Å². The van der Waals surface area contributed by atoms with Crippen LogP contribution in [-0.2, 0) is 14.2 Å². The second kappa shape index (κ2) is 13.6. The fourth-order valence-corrected chi connectivity index (χ4v) is 6.50. The van der Waals surface area contributed by atoms with Crippen LogP contribution in [0.25, 0.3) is 0 Å². The molecule has 0 spiro atoms. The van der Waals surface area contributed by atoms with Crippen LogP contribution in [0.1, 0.15) is 38.5 Å². The van der Waals surface area contributed by atoms with Crippen LogP contribution in [0.4, 0.5) is 21.6 Å². The number of piperidine rings is 2.